The van der Waals surface area contributed by atoms with E-state index in [2.05, 4.69) is 19.2 Å². The molecule has 1 N–H and O–H groups in total. The Labute approximate surface area is 121 Å². The van der Waals surface area contributed by atoms with Crippen molar-refractivity contribution < 1.29 is 0 Å². The van der Waals surface area contributed by atoms with Crippen molar-refractivity contribution in [1.29, 1.82) is 0 Å². The van der Waals surface area contributed by atoms with Crippen LogP contribution in [-0.2, 0) is 0 Å². The molecular weight excluding hydrogens is 230 g/mol. The molecule has 1 aliphatic carbocycles. The van der Waals surface area contributed by atoms with Gasteiger partial charge in [-0.15, -0.1) is 0 Å². The van der Waals surface area contributed by atoms with Crippen molar-refractivity contribution in [1.82, 2.24) is 5.32 Å². The van der Waals surface area contributed by atoms with Crippen LogP contribution in [0.5, 0.6) is 0 Å². The van der Waals surface area contributed by atoms with Gasteiger partial charge in [0.05, 0.1) is 0 Å². The maximum Gasteiger partial charge on any atom is 0.00952 e. The lowest BCUT2D eigenvalue weighted by Gasteiger charge is -2.31. The van der Waals surface area contributed by atoms with Gasteiger partial charge < -0.3 is 5.32 Å². The predicted octanol–water partition coefficient (Wildman–Crippen LogP) is 5.69. The summed E-state index contributed by atoms with van der Waals surface area (Å²) in [6, 6.07) is 0.820. The highest BCUT2D eigenvalue weighted by Crippen LogP contribution is 2.28. The quantitative estimate of drug-likeness (QED) is 0.474. The summed E-state index contributed by atoms with van der Waals surface area (Å²) < 4.78 is 0. The Balaban J connectivity index is 2.07. The van der Waals surface area contributed by atoms with Gasteiger partial charge in [0, 0.05) is 6.04 Å². The second-order valence-corrected chi connectivity index (χ2v) is 6.47. The minimum atomic E-state index is 0.820. The van der Waals surface area contributed by atoms with Crippen LogP contribution in [0, 0.1) is 5.92 Å². The number of nitrogens with one attached hydrogen (secondary N) is 1. The third kappa shape index (κ3) is 7.97. The SMILES string of the molecule is CCCCCCCCCC(NCC)C1CCCCC1. The van der Waals surface area contributed by atoms with Gasteiger partial charge >= 0.3 is 0 Å². The van der Waals surface area contributed by atoms with E-state index in [4.69, 9.17) is 0 Å². The van der Waals surface area contributed by atoms with Crippen molar-refractivity contribution in [2.75, 3.05) is 6.54 Å². The van der Waals surface area contributed by atoms with Crippen molar-refractivity contribution >= 4 is 0 Å². The fourth-order valence-electron chi connectivity index (χ4n) is 3.62. The van der Waals surface area contributed by atoms with Gasteiger partial charge in [-0.3, -0.25) is 0 Å². The molecule has 0 heterocycles. The molecule has 1 heteroatoms. The average molecular weight is 268 g/mol. The van der Waals surface area contributed by atoms with Gasteiger partial charge in [-0.05, 0) is 31.7 Å². The molecule has 1 unspecified atom stereocenters. The Hall–Kier alpha value is -0.0400. The molecule has 0 bridgehead atoms. The first-order chi connectivity index (χ1) is 9.38. The molecule has 0 aromatic carbocycles. The second-order valence-electron chi connectivity index (χ2n) is 6.47. The van der Waals surface area contributed by atoms with E-state index in [9.17, 15) is 0 Å². The molecule has 0 aromatic heterocycles. The van der Waals surface area contributed by atoms with Crippen LogP contribution < -0.4 is 5.32 Å². The van der Waals surface area contributed by atoms with Gasteiger partial charge in [0.2, 0.25) is 0 Å². The van der Waals surface area contributed by atoms with Gasteiger partial charge in [-0.25, -0.2) is 0 Å². The Morgan fingerprint density at radius 1 is 0.842 bits per heavy atom. The summed E-state index contributed by atoms with van der Waals surface area (Å²) in [4.78, 5) is 0. The summed E-state index contributed by atoms with van der Waals surface area (Å²) in [5.74, 6) is 0.980. The number of hydrogen-bond acceptors (Lipinski definition) is 1. The zero-order valence-corrected chi connectivity index (χ0v) is 13.6. The first-order valence-corrected chi connectivity index (χ1v) is 9.11. The van der Waals surface area contributed by atoms with Crippen LogP contribution in [0.25, 0.3) is 0 Å². The molecule has 114 valence electrons. The molecule has 1 nitrogen and oxygen atoms in total. The molecule has 0 spiro atoms. The van der Waals surface area contributed by atoms with Crippen LogP contribution in [0.15, 0.2) is 0 Å². The highest BCUT2D eigenvalue weighted by atomic mass is 14.9. The van der Waals surface area contributed by atoms with Crippen LogP contribution in [-0.4, -0.2) is 12.6 Å². The van der Waals surface area contributed by atoms with E-state index >= 15 is 0 Å². The van der Waals surface area contributed by atoms with E-state index in [1.54, 1.807) is 0 Å². The molecule has 19 heavy (non-hydrogen) atoms. The summed E-state index contributed by atoms with van der Waals surface area (Å²) in [6.45, 7) is 5.71. The van der Waals surface area contributed by atoms with E-state index in [1.165, 1.54) is 83.5 Å². The van der Waals surface area contributed by atoms with Gasteiger partial charge in [0.1, 0.15) is 0 Å². The molecule has 1 saturated carbocycles. The molecule has 0 radical (unpaired) electrons. The predicted molar refractivity (Wildman–Crippen MR) is 86.6 cm³/mol. The van der Waals surface area contributed by atoms with Crippen LogP contribution in [0.1, 0.15) is 97.3 Å². The molecule has 1 fully saturated rings. The standard InChI is InChI=1S/C18H37N/c1-3-5-6-7-8-9-13-16-18(19-4-2)17-14-11-10-12-15-17/h17-19H,3-16H2,1-2H3. The Morgan fingerprint density at radius 3 is 2.11 bits per heavy atom. The van der Waals surface area contributed by atoms with Gasteiger partial charge in [0.15, 0.2) is 0 Å². The first-order valence-electron chi connectivity index (χ1n) is 9.11. The van der Waals surface area contributed by atoms with Crippen LogP contribution in [0.2, 0.25) is 0 Å². The normalized spacial score (nSPS) is 18.6. The Kier molecular flexibility index (Phi) is 10.5. The summed E-state index contributed by atoms with van der Waals surface area (Å²) >= 11 is 0. The van der Waals surface area contributed by atoms with Gasteiger partial charge in [-0.1, -0.05) is 78.1 Å². The van der Waals surface area contributed by atoms with Crippen molar-refractivity contribution in [2.24, 2.45) is 5.92 Å². The average Bonchev–Trinajstić information content (AvgIpc) is 2.46. The molecule has 0 aliphatic heterocycles. The van der Waals surface area contributed by atoms with Crippen LogP contribution >= 0.6 is 0 Å². The lowest BCUT2D eigenvalue weighted by atomic mass is 9.82. The lowest BCUT2D eigenvalue weighted by molar-refractivity contribution is 0.256. The fourth-order valence-corrected chi connectivity index (χ4v) is 3.62. The summed E-state index contributed by atoms with van der Waals surface area (Å²) in [7, 11) is 0. The second kappa shape index (κ2) is 11.8. The van der Waals surface area contributed by atoms with E-state index in [-0.39, 0.29) is 0 Å². The number of unbranched alkanes of at least 4 members (excludes halogenated alkanes) is 6. The van der Waals surface area contributed by atoms with Crippen molar-refractivity contribution in [3.05, 3.63) is 0 Å². The highest BCUT2D eigenvalue weighted by molar-refractivity contribution is 4.79. The monoisotopic (exact) mass is 267 g/mol. The maximum absolute atomic E-state index is 3.76. The molecular formula is C18H37N. The highest BCUT2D eigenvalue weighted by Gasteiger charge is 2.22. The molecule has 0 aromatic rings. The summed E-state index contributed by atoms with van der Waals surface area (Å²) in [6.07, 6.45) is 18.9. The molecule has 1 aliphatic rings. The Bertz CT molecular complexity index is 184. The van der Waals surface area contributed by atoms with Crippen molar-refractivity contribution in [3.63, 3.8) is 0 Å². The fraction of sp³-hybridized carbons (Fsp3) is 1.00. The van der Waals surface area contributed by atoms with E-state index in [0.717, 1.165) is 18.5 Å². The zero-order valence-electron chi connectivity index (χ0n) is 13.6. The lowest BCUT2D eigenvalue weighted by Crippen LogP contribution is -2.37. The topological polar surface area (TPSA) is 12.0 Å². The number of rotatable bonds is 11. The van der Waals surface area contributed by atoms with E-state index < -0.39 is 0 Å². The van der Waals surface area contributed by atoms with Crippen LogP contribution in [0.3, 0.4) is 0 Å². The first kappa shape index (κ1) is 17.0. The summed E-state index contributed by atoms with van der Waals surface area (Å²) in [5.41, 5.74) is 0. The van der Waals surface area contributed by atoms with Crippen molar-refractivity contribution in [2.45, 2.75) is 103 Å². The number of hydrogen-bond donors (Lipinski definition) is 1. The largest absolute Gasteiger partial charge is 0.314 e. The van der Waals surface area contributed by atoms with Gasteiger partial charge in [-0.2, -0.15) is 0 Å². The minimum absolute atomic E-state index is 0.820. The van der Waals surface area contributed by atoms with E-state index in [0.29, 0.717) is 0 Å². The third-order valence-electron chi connectivity index (χ3n) is 4.80. The minimum Gasteiger partial charge on any atom is -0.314 e. The third-order valence-corrected chi connectivity index (χ3v) is 4.80. The molecule has 1 rings (SSSR count). The molecule has 1 atom stereocenters. The van der Waals surface area contributed by atoms with E-state index in [1.807, 2.05) is 0 Å². The zero-order chi connectivity index (χ0) is 13.8. The molecule has 0 amide bonds. The van der Waals surface area contributed by atoms with Crippen molar-refractivity contribution in [3.8, 4) is 0 Å². The van der Waals surface area contributed by atoms with Crippen LogP contribution in [0.4, 0.5) is 0 Å². The molecule has 0 saturated heterocycles. The maximum atomic E-state index is 3.76. The Morgan fingerprint density at radius 2 is 1.47 bits per heavy atom. The smallest absolute Gasteiger partial charge is 0.00952 e. The summed E-state index contributed by atoms with van der Waals surface area (Å²) in [5, 5.41) is 3.76. The van der Waals surface area contributed by atoms with Gasteiger partial charge in [0.25, 0.3) is 0 Å².